The normalized spacial score (nSPS) is 12.8. The minimum absolute atomic E-state index is 0. The molecule has 0 atom stereocenters. The molecule has 0 amide bonds. The fraction of sp³-hybridized carbons (Fsp3) is 0.517. The molecule has 2 aromatic carbocycles. The first-order chi connectivity index (χ1) is 16.2. The monoisotopic (exact) mass is 590 g/mol. The molecule has 1 saturated carbocycles. The maximum Gasteiger partial charge on any atom is 2.00 e. The van der Waals surface area contributed by atoms with E-state index in [0.29, 0.717) is 19.6 Å². The van der Waals surface area contributed by atoms with Gasteiger partial charge >= 0.3 is 29.0 Å². The number of hydrogen-bond acceptors (Lipinski definition) is 4. The summed E-state index contributed by atoms with van der Waals surface area (Å²) >= 11 is 0. The summed E-state index contributed by atoms with van der Waals surface area (Å²) in [6.45, 7) is 20.3. The van der Waals surface area contributed by atoms with E-state index in [1.807, 2.05) is 26.0 Å². The first-order valence-electron chi connectivity index (χ1n) is 12.5. The second kappa shape index (κ2) is 20.3. The van der Waals surface area contributed by atoms with Gasteiger partial charge in [0, 0.05) is 6.42 Å². The van der Waals surface area contributed by atoms with Crippen molar-refractivity contribution in [1.82, 2.24) is 0 Å². The van der Waals surface area contributed by atoms with Gasteiger partial charge in [-0.2, -0.15) is 6.92 Å². The maximum atomic E-state index is 10.3. The predicted molar refractivity (Wildman–Crippen MR) is 153 cm³/mol. The second-order valence-electron chi connectivity index (χ2n) is 8.83. The Morgan fingerprint density at radius 3 is 1.58 bits per heavy atom. The number of esters is 1. The van der Waals surface area contributed by atoms with Crippen LogP contribution in [0.25, 0.3) is 0 Å². The zero-order chi connectivity index (χ0) is 26.3. The number of benzene rings is 2. The Morgan fingerprint density at radius 2 is 1.33 bits per heavy atom. The molecule has 1 aliphatic rings. The van der Waals surface area contributed by atoms with Crippen molar-refractivity contribution in [3.05, 3.63) is 67.6 Å². The van der Waals surface area contributed by atoms with Crippen molar-refractivity contribution >= 4 is 47.7 Å². The van der Waals surface area contributed by atoms with Gasteiger partial charge in [-0.1, -0.05) is 102 Å². The average Bonchev–Trinajstić information content (AvgIpc) is 3.60. The molecule has 0 aromatic heterocycles. The molecule has 1 fully saturated rings. The van der Waals surface area contributed by atoms with Gasteiger partial charge in [0.15, 0.2) is 0 Å². The SMILES string of the molecule is CC.CC(C)(C)[Si](OCC1(O)CC1)(c1ccccc1)c1ccccc1.CCOC(=O)CC.[Br-].[CH2-]C.[Mg+2]. The number of ether oxygens (including phenoxy) is 1. The molecule has 200 valence electrons. The van der Waals surface area contributed by atoms with E-state index in [9.17, 15) is 9.90 Å². The van der Waals surface area contributed by atoms with E-state index in [4.69, 9.17) is 4.43 Å². The summed E-state index contributed by atoms with van der Waals surface area (Å²) in [6.07, 6.45) is 2.18. The molecule has 1 N–H and O–H groups in total. The van der Waals surface area contributed by atoms with Gasteiger partial charge in [0.05, 0.1) is 18.8 Å². The van der Waals surface area contributed by atoms with Crippen LogP contribution in [0, 0.1) is 6.92 Å². The van der Waals surface area contributed by atoms with E-state index in [1.165, 1.54) is 10.4 Å². The first kappa shape index (κ1) is 39.8. The van der Waals surface area contributed by atoms with E-state index in [-0.39, 0.29) is 51.0 Å². The zero-order valence-corrected chi connectivity index (χ0v) is 27.8. The molecule has 1 aliphatic carbocycles. The zero-order valence-electron chi connectivity index (χ0n) is 23.8. The quantitative estimate of drug-likeness (QED) is 0.306. The predicted octanol–water partition coefficient (Wildman–Crippen LogP) is 2.54. The van der Waals surface area contributed by atoms with Gasteiger partial charge in [0.1, 0.15) is 0 Å². The molecule has 0 unspecified atom stereocenters. The maximum absolute atomic E-state index is 10.3. The molecule has 0 heterocycles. The standard InChI is InChI=1S/C20H26O2Si.C5H10O2.C2H6.C2H5.BrH.Mg/c1-19(2,3)23(17-10-6-4-7-11-17,18-12-8-5-9-13-18)22-16-20(21)14-15-20;1-3-5(6)7-4-2;2*1-2;;/h4-13,21H,14-16H2,1-3H3;3-4H2,1-2H3;1-2H3;1H2,2H3;1H;/q;;;-1;;+2/p-1. The van der Waals surface area contributed by atoms with Gasteiger partial charge in [-0.05, 0) is 35.2 Å². The van der Waals surface area contributed by atoms with Crippen LogP contribution in [0.1, 0.15) is 74.7 Å². The van der Waals surface area contributed by atoms with Gasteiger partial charge in [0.25, 0.3) is 8.32 Å². The van der Waals surface area contributed by atoms with Gasteiger partial charge in [0.2, 0.25) is 0 Å². The molecule has 4 nitrogen and oxygen atoms in total. The number of aliphatic hydroxyl groups is 1. The van der Waals surface area contributed by atoms with Crippen LogP contribution in [-0.2, 0) is 14.0 Å². The fourth-order valence-electron chi connectivity index (χ4n) is 3.56. The average molecular weight is 592 g/mol. The van der Waals surface area contributed by atoms with Crippen molar-refractivity contribution < 1.29 is 36.0 Å². The van der Waals surface area contributed by atoms with Crippen molar-refractivity contribution in [1.29, 1.82) is 0 Å². The number of carbonyl (C=O) groups excluding carboxylic acids is 1. The molecule has 0 saturated heterocycles. The summed E-state index contributed by atoms with van der Waals surface area (Å²) in [7, 11) is -2.48. The third-order valence-electron chi connectivity index (χ3n) is 5.40. The van der Waals surface area contributed by atoms with Crippen LogP contribution in [0.15, 0.2) is 60.7 Å². The Labute approximate surface area is 248 Å². The molecule has 2 aromatic rings. The summed E-state index contributed by atoms with van der Waals surface area (Å²) in [4.78, 5) is 10.2. The van der Waals surface area contributed by atoms with Gasteiger partial charge < -0.3 is 38.2 Å². The van der Waals surface area contributed by atoms with Crippen molar-refractivity contribution in [3.63, 3.8) is 0 Å². The van der Waals surface area contributed by atoms with E-state index < -0.39 is 13.9 Å². The number of carbonyl (C=O) groups is 1. The van der Waals surface area contributed by atoms with Crippen LogP contribution >= 0.6 is 0 Å². The van der Waals surface area contributed by atoms with Crippen molar-refractivity contribution in [2.24, 2.45) is 0 Å². The van der Waals surface area contributed by atoms with Crippen molar-refractivity contribution in [2.75, 3.05) is 13.2 Å². The summed E-state index contributed by atoms with van der Waals surface area (Å²) < 4.78 is 11.2. The van der Waals surface area contributed by atoms with Crippen LogP contribution < -0.4 is 27.4 Å². The van der Waals surface area contributed by atoms with Crippen molar-refractivity contribution in [3.8, 4) is 0 Å². The number of halogens is 1. The van der Waals surface area contributed by atoms with Gasteiger partial charge in [-0.3, -0.25) is 4.79 Å². The minimum Gasteiger partial charge on any atom is -1.00 e. The van der Waals surface area contributed by atoms with Crippen LogP contribution in [0.4, 0.5) is 0 Å². The second-order valence-corrected chi connectivity index (χ2v) is 13.1. The minimum atomic E-state index is -2.48. The Kier molecular flexibility index (Phi) is 22.4. The van der Waals surface area contributed by atoms with E-state index in [1.54, 1.807) is 20.8 Å². The van der Waals surface area contributed by atoms with E-state index in [2.05, 4.69) is 81.0 Å². The Morgan fingerprint density at radius 1 is 0.944 bits per heavy atom. The number of rotatable bonds is 7. The third kappa shape index (κ3) is 12.2. The Bertz CT molecular complexity index is 754. The first-order valence-corrected chi connectivity index (χ1v) is 14.4. The molecule has 0 bridgehead atoms. The molecular formula is C29H47BrMgO4Si. The molecule has 7 heteroatoms. The summed E-state index contributed by atoms with van der Waals surface area (Å²) in [6, 6.07) is 21.2. The molecule has 36 heavy (non-hydrogen) atoms. The summed E-state index contributed by atoms with van der Waals surface area (Å²) in [5.74, 6) is -0.123. The fourth-order valence-corrected chi connectivity index (χ4v) is 8.20. The van der Waals surface area contributed by atoms with Crippen LogP contribution in [0.5, 0.6) is 0 Å². The topological polar surface area (TPSA) is 55.8 Å². The summed E-state index contributed by atoms with van der Waals surface area (Å²) in [5.41, 5.74) is -0.604. The van der Waals surface area contributed by atoms with E-state index >= 15 is 0 Å². The molecule has 0 spiro atoms. The molecule has 0 aliphatic heterocycles. The van der Waals surface area contributed by atoms with Crippen LogP contribution in [-0.4, -0.2) is 61.3 Å². The third-order valence-corrected chi connectivity index (χ3v) is 10.4. The molecule has 0 radical (unpaired) electrons. The van der Waals surface area contributed by atoms with Crippen LogP contribution in [0.3, 0.4) is 0 Å². The largest absolute Gasteiger partial charge is 2.00 e. The summed E-state index contributed by atoms with van der Waals surface area (Å²) in [5, 5.41) is 12.9. The van der Waals surface area contributed by atoms with E-state index in [0.717, 1.165) is 12.8 Å². The molecular weight excluding hydrogens is 545 g/mol. The number of hydrogen-bond donors (Lipinski definition) is 1. The Hall–Kier alpha value is -0.707. The van der Waals surface area contributed by atoms with Crippen LogP contribution in [0.2, 0.25) is 5.04 Å². The molecule has 3 rings (SSSR count). The van der Waals surface area contributed by atoms with Crippen molar-refractivity contribution in [2.45, 2.75) is 85.3 Å². The van der Waals surface area contributed by atoms with Gasteiger partial charge in [-0.25, -0.2) is 0 Å². The van der Waals surface area contributed by atoms with Gasteiger partial charge in [-0.15, -0.1) is 0 Å². The Balaban J connectivity index is -0.000000722. The smallest absolute Gasteiger partial charge is 1.00 e.